The van der Waals surface area contributed by atoms with Crippen molar-refractivity contribution in [3.05, 3.63) is 28.1 Å². The molecule has 0 bridgehead atoms. The second-order valence-corrected chi connectivity index (χ2v) is 3.14. The summed E-state index contributed by atoms with van der Waals surface area (Å²) in [6.07, 6.45) is 1.06. The molecule has 0 aliphatic rings. The third kappa shape index (κ3) is 1.73. The van der Waals surface area contributed by atoms with E-state index in [4.69, 9.17) is 5.11 Å². The highest BCUT2D eigenvalue weighted by molar-refractivity contribution is 5.85. The van der Waals surface area contributed by atoms with Crippen LogP contribution >= 0.6 is 0 Å². The molecule has 0 radical (unpaired) electrons. The van der Waals surface area contributed by atoms with E-state index in [1.54, 1.807) is 0 Å². The molecule has 0 saturated carbocycles. The van der Waals surface area contributed by atoms with Crippen molar-refractivity contribution in [1.29, 1.82) is 0 Å². The van der Waals surface area contributed by atoms with Gasteiger partial charge in [0.2, 0.25) is 5.76 Å². The lowest BCUT2D eigenvalue weighted by Gasteiger charge is -1.94. The van der Waals surface area contributed by atoms with Gasteiger partial charge in [0, 0.05) is 6.07 Å². The smallest absolute Gasteiger partial charge is 0.374 e. The summed E-state index contributed by atoms with van der Waals surface area (Å²) in [5, 5.41) is 22.7. The van der Waals surface area contributed by atoms with Crippen LogP contribution in [0.4, 0.5) is 5.82 Å². The Hall–Kier alpha value is -2.71. The standard InChI is InChI=1S/C8H6N4O5/c1-11-6(12(15)16)3-9-7(11)4-2-5(8(13)14)17-10-4/h2-3H,1H3,(H,13,14). The van der Waals surface area contributed by atoms with E-state index in [0.29, 0.717) is 0 Å². The Kier molecular flexibility index (Phi) is 2.35. The first-order chi connectivity index (χ1) is 8.00. The number of aromatic carboxylic acids is 1. The minimum atomic E-state index is -1.27. The molecule has 2 heterocycles. The minimum Gasteiger partial charge on any atom is -0.475 e. The third-order valence-electron chi connectivity index (χ3n) is 2.10. The molecule has 1 N–H and O–H groups in total. The van der Waals surface area contributed by atoms with Crippen molar-refractivity contribution in [1.82, 2.24) is 14.7 Å². The summed E-state index contributed by atoms with van der Waals surface area (Å²) in [6.45, 7) is 0. The van der Waals surface area contributed by atoms with Crippen molar-refractivity contribution in [2.24, 2.45) is 7.05 Å². The van der Waals surface area contributed by atoms with Gasteiger partial charge in [-0.15, -0.1) is 0 Å². The molecule has 2 rings (SSSR count). The highest BCUT2D eigenvalue weighted by atomic mass is 16.6. The van der Waals surface area contributed by atoms with E-state index in [2.05, 4.69) is 14.7 Å². The maximum absolute atomic E-state index is 10.6. The fraction of sp³-hybridized carbons (Fsp3) is 0.125. The lowest BCUT2D eigenvalue weighted by atomic mass is 10.3. The number of nitro groups is 1. The van der Waals surface area contributed by atoms with E-state index in [-0.39, 0.29) is 23.1 Å². The topological polar surface area (TPSA) is 124 Å². The summed E-state index contributed by atoms with van der Waals surface area (Å²) in [6, 6.07) is 1.15. The van der Waals surface area contributed by atoms with Gasteiger partial charge in [-0.05, 0) is 4.92 Å². The number of hydrogen-bond donors (Lipinski definition) is 1. The van der Waals surface area contributed by atoms with Crippen molar-refractivity contribution in [2.75, 3.05) is 0 Å². The average Bonchev–Trinajstić information content (AvgIpc) is 2.82. The molecule has 2 aromatic rings. The number of aromatic nitrogens is 3. The van der Waals surface area contributed by atoms with Crippen LogP contribution in [0.15, 0.2) is 16.8 Å². The van der Waals surface area contributed by atoms with Crippen molar-refractivity contribution < 1.29 is 19.3 Å². The first-order valence-corrected chi connectivity index (χ1v) is 4.37. The number of hydrogen-bond acceptors (Lipinski definition) is 6. The molecule has 2 aromatic heterocycles. The number of carboxylic acids is 1. The Morgan fingerprint density at radius 3 is 2.82 bits per heavy atom. The van der Waals surface area contributed by atoms with Crippen LogP contribution in [-0.2, 0) is 7.05 Å². The maximum Gasteiger partial charge on any atom is 0.374 e. The van der Waals surface area contributed by atoms with Gasteiger partial charge in [0.1, 0.15) is 6.20 Å². The molecule has 88 valence electrons. The van der Waals surface area contributed by atoms with Crippen LogP contribution in [0.25, 0.3) is 11.5 Å². The van der Waals surface area contributed by atoms with Crippen molar-refractivity contribution in [2.45, 2.75) is 0 Å². The fourth-order valence-corrected chi connectivity index (χ4v) is 1.29. The molecule has 17 heavy (non-hydrogen) atoms. The Balaban J connectivity index is 2.46. The molecular formula is C8H6N4O5. The van der Waals surface area contributed by atoms with Crippen LogP contribution in [0.2, 0.25) is 0 Å². The van der Waals surface area contributed by atoms with Crippen molar-refractivity contribution >= 4 is 11.8 Å². The Labute approximate surface area is 93.4 Å². The van der Waals surface area contributed by atoms with E-state index in [1.807, 2.05) is 0 Å². The van der Waals surface area contributed by atoms with Gasteiger partial charge in [-0.2, -0.15) is 0 Å². The largest absolute Gasteiger partial charge is 0.475 e. The molecule has 9 nitrogen and oxygen atoms in total. The summed E-state index contributed by atoms with van der Waals surface area (Å²) >= 11 is 0. The van der Waals surface area contributed by atoms with Gasteiger partial charge in [-0.25, -0.2) is 14.3 Å². The van der Waals surface area contributed by atoms with Gasteiger partial charge >= 0.3 is 11.8 Å². The third-order valence-corrected chi connectivity index (χ3v) is 2.10. The molecule has 0 atom stereocenters. The van der Waals surface area contributed by atoms with E-state index in [1.165, 1.54) is 11.6 Å². The summed E-state index contributed by atoms with van der Waals surface area (Å²) in [4.78, 5) is 24.3. The van der Waals surface area contributed by atoms with Crippen molar-refractivity contribution in [3.63, 3.8) is 0 Å². The molecule has 0 aliphatic carbocycles. The fourth-order valence-electron chi connectivity index (χ4n) is 1.29. The zero-order chi connectivity index (χ0) is 12.6. The van der Waals surface area contributed by atoms with Gasteiger partial charge in [0.15, 0.2) is 5.69 Å². The maximum atomic E-state index is 10.6. The Morgan fingerprint density at radius 1 is 1.65 bits per heavy atom. The second-order valence-electron chi connectivity index (χ2n) is 3.14. The SMILES string of the molecule is Cn1c([N+](=O)[O-])cnc1-c1cc(C(=O)O)on1. The lowest BCUT2D eigenvalue weighted by molar-refractivity contribution is -0.391. The van der Waals surface area contributed by atoms with E-state index in [0.717, 1.165) is 12.3 Å². The van der Waals surface area contributed by atoms with Gasteiger partial charge in [0.05, 0.1) is 7.05 Å². The van der Waals surface area contributed by atoms with Crippen molar-refractivity contribution in [3.8, 4) is 11.5 Å². The minimum absolute atomic E-state index is 0.123. The van der Waals surface area contributed by atoms with E-state index in [9.17, 15) is 14.9 Å². The zero-order valence-corrected chi connectivity index (χ0v) is 8.52. The van der Waals surface area contributed by atoms with Crippen LogP contribution in [0.3, 0.4) is 0 Å². The van der Waals surface area contributed by atoms with Crippen LogP contribution in [-0.4, -0.2) is 30.7 Å². The number of imidazole rings is 1. The molecule has 0 fully saturated rings. The number of carboxylic acid groups (broad SMARTS) is 1. The predicted octanol–water partition coefficient (Wildman–Crippen LogP) is 0.681. The first kappa shape index (κ1) is 10.8. The Morgan fingerprint density at radius 2 is 2.35 bits per heavy atom. The second kappa shape index (κ2) is 3.70. The summed E-state index contributed by atoms with van der Waals surface area (Å²) in [7, 11) is 1.43. The highest BCUT2D eigenvalue weighted by Gasteiger charge is 2.22. The molecule has 0 saturated heterocycles. The number of nitrogens with zero attached hydrogens (tertiary/aromatic N) is 4. The molecule has 9 heteroatoms. The summed E-state index contributed by atoms with van der Waals surface area (Å²) in [5.74, 6) is -1.69. The highest BCUT2D eigenvalue weighted by Crippen LogP contribution is 2.21. The molecule has 0 spiro atoms. The van der Waals surface area contributed by atoms with E-state index >= 15 is 0 Å². The summed E-state index contributed by atoms with van der Waals surface area (Å²) in [5.41, 5.74) is 0.123. The average molecular weight is 238 g/mol. The zero-order valence-electron chi connectivity index (χ0n) is 8.52. The lowest BCUT2D eigenvalue weighted by Crippen LogP contribution is -1.99. The van der Waals surface area contributed by atoms with Gasteiger partial charge in [-0.3, -0.25) is 0 Å². The molecular weight excluding hydrogens is 232 g/mol. The quantitative estimate of drug-likeness (QED) is 0.615. The molecule has 0 aliphatic heterocycles. The predicted molar refractivity (Wildman–Crippen MR) is 52.3 cm³/mol. The van der Waals surface area contributed by atoms with Crippen LogP contribution in [0, 0.1) is 10.1 Å². The van der Waals surface area contributed by atoms with Crippen LogP contribution in [0.1, 0.15) is 10.6 Å². The van der Waals surface area contributed by atoms with Gasteiger partial charge in [0.25, 0.3) is 5.82 Å². The summed E-state index contributed by atoms with van der Waals surface area (Å²) < 4.78 is 5.72. The molecule has 0 aromatic carbocycles. The normalized spacial score (nSPS) is 10.4. The number of carbonyl (C=O) groups is 1. The van der Waals surface area contributed by atoms with Crippen LogP contribution < -0.4 is 0 Å². The molecule has 0 unspecified atom stereocenters. The molecule has 0 amide bonds. The van der Waals surface area contributed by atoms with Crippen LogP contribution in [0.5, 0.6) is 0 Å². The first-order valence-electron chi connectivity index (χ1n) is 4.37. The van der Waals surface area contributed by atoms with E-state index < -0.39 is 10.9 Å². The van der Waals surface area contributed by atoms with Gasteiger partial charge < -0.3 is 19.7 Å². The Bertz CT molecular complexity index is 599. The van der Waals surface area contributed by atoms with Gasteiger partial charge in [-0.1, -0.05) is 5.16 Å². The monoisotopic (exact) mass is 238 g/mol. The number of rotatable bonds is 3.